The molecule has 17 heavy (non-hydrogen) atoms. The maximum Gasteiger partial charge on any atom is 0.265 e. The molecule has 1 aliphatic heterocycles. The lowest BCUT2D eigenvalue weighted by atomic mass is 10.1. The Labute approximate surface area is 100 Å². The molecule has 5 nitrogen and oxygen atoms in total. The van der Waals surface area contributed by atoms with Crippen molar-refractivity contribution >= 4 is 15.7 Å². The van der Waals surface area contributed by atoms with Gasteiger partial charge in [-0.3, -0.25) is 10.2 Å². The van der Waals surface area contributed by atoms with Gasteiger partial charge in [-0.25, -0.2) is 13.8 Å². The van der Waals surface area contributed by atoms with Crippen molar-refractivity contribution in [3.8, 4) is 0 Å². The van der Waals surface area contributed by atoms with Crippen LogP contribution in [0.2, 0.25) is 0 Å². The summed E-state index contributed by atoms with van der Waals surface area (Å²) in [5, 5.41) is 0. The van der Waals surface area contributed by atoms with Gasteiger partial charge in [0.25, 0.3) is 5.91 Å². The van der Waals surface area contributed by atoms with Gasteiger partial charge in [-0.2, -0.15) is 0 Å². The molecule has 0 bridgehead atoms. The van der Waals surface area contributed by atoms with Crippen LogP contribution in [-0.4, -0.2) is 27.1 Å². The lowest BCUT2D eigenvalue weighted by molar-refractivity contribution is 0.0938. The van der Waals surface area contributed by atoms with Crippen LogP contribution in [0.5, 0.6) is 0 Å². The van der Waals surface area contributed by atoms with Crippen LogP contribution in [-0.2, 0) is 16.3 Å². The van der Waals surface area contributed by atoms with E-state index < -0.39 is 9.84 Å². The molecule has 0 saturated carbocycles. The van der Waals surface area contributed by atoms with Crippen LogP contribution in [0.4, 0.5) is 0 Å². The van der Waals surface area contributed by atoms with Crippen molar-refractivity contribution in [1.29, 1.82) is 0 Å². The van der Waals surface area contributed by atoms with Crippen molar-refractivity contribution in [1.82, 2.24) is 10.9 Å². The molecular weight excluding hydrogens is 240 g/mol. The van der Waals surface area contributed by atoms with Crippen LogP contribution in [0.15, 0.2) is 23.1 Å². The summed E-state index contributed by atoms with van der Waals surface area (Å²) in [6.07, 6.45) is 1.32. The predicted octanol–water partition coefficient (Wildman–Crippen LogP) is 0.271. The van der Waals surface area contributed by atoms with E-state index in [1.165, 1.54) is 12.1 Å². The summed E-state index contributed by atoms with van der Waals surface area (Å²) in [5.41, 5.74) is 6.20. The maximum absolute atomic E-state index is 11.8. The number of hydrogen-bond donors (Lipinski definition) is 2. The number of hydrogen-bond acceptors (Lipinski definition) is 4. The zero-order valence-corrected chi connectivity index (χ0v) is 10.3. The minimum absolute atomic E-state index is 0.196. The second kappa shape index (κ2) is 4.46. The van der Waals surface area contributed by atoms with Gasteiger partial charge in [-0.1, -0.05) is 0 Å². The molecule has 0 unspecified atom stereocenters. The van der Waals surface area contributed by atoms with E-state index in [1.807, 2.05) is 0 Å². The van der Waals surface area contributed by atoms with E-state index in [0.717, 1.165) is 5.56 Å². The van der Waals surface area contributed by atoms with E-state index in [4.69, 9.17) is 0 Å². The van der Waals surface area contributed by atoms with Crippen LogP contribution in [0, 0.1) is 0 Å². The van der Waals surface area contributed by atoms with Gasteiger partial charge < -0.3 is 0 Å². The van der Waals surface area contributed by atoms with Crippen LogP contribution >= 0.6 is 0 Å². The van der Waals surface area contributed by atoms with Gasteiger partial charge in [0.2, 0.25) is 0 Å². The Morgan fingerprint density at radius 2 is 2.12 bits per heavy atom. The summed E-state index contributed by atoms with van der Waals surface area (Å²) < 4.78 is 23.5. The largest absolute Gasteiger partial charge is 0.288 e. The maximum atomic E-state index is 11.8. The number of aryl methyl sites for hydroxylation is 1. The van der Waals surface area contributed by atoms with Crippen molar-refractivity contribution in [2.24, 2.45) is 0 Å². The fourth-order valence-corrected chi connectivity index (χ4v) is 3.55. The Morgan fingerprint density at radius 3 is 2.82 bits per heavy atom. The molecule has 1 aromatic carbocycles. The molecule has 1 heterocycles. The highest BCUT2D eigenvalue weighted by molar-refractivity contribution is 7.91. The Bertz CT molecular complexity index is 552. The van der Waals surface area contributed by atoms with Gasteiger partial charge in [0, 0.05) is 12.6 Å². The molecule has 0 radical (unpaired) electrons. The van der Waals surface area contributed by atoms with Gasteiger partial charge in [-0.15, -0.1) is 0 Å². The number of rotatable bonds is 2. The number of hydrazine groups is 1. The normalized spacial score (nSPS) is 17.2. The Morgan fingerprint density at radius 1 is 1.35 bits per heavy atom. The molecule has 1 aromatic rings. The van der Waals surface area contributed by atoms with Crippen molar-refractivity contribution in [2.45, 2.75) is 17.7 Å². The summed E-state index contributed by atoms with van der Waals surface area (Å²) in [6.45, 7) is 0. The molecule has 0 aromatic heterocycles. The van der Waals surface area contributed by atoms with E-state index in [-0.39, 0.29) is 11.7 Å². The highest BCUT2D eigenvalue weighted by Crippen LogP contribution is 2.25. The van der Waals surface area contributed by atoms with Crippen LogP contribution in [0.25, 0.3) is 0 Å². The SMILES string of the molecule is CNNC(=O)c1ccc2c(c1)CCCS2(=O)=O. The summed E-state index contributed by atoms with van der Waals surface area (Å²) in [5.74, 6) is -0.0690. The van der Waals surface area contributed by atoms with Crippen LogP contribution in [0.1, 0.15) is 22.3 Å². The van der Waals surface area contributed by atoms with Gasteiger partial charge in [0.05, 0.1) is 10.6 Å². The van der Waals surface area contributed by atoms with Crippen molar-refractivity contribution in [3.63, 3.8) is 0 Å². The molecule has 0 atom stereocenters. The van der Waals surface area contributed by atoms with E-state index in [0.29, 0.717) is 23.3 Å². The number of carbonyl (C=O) groups is 1. The summed E-state index contributed by atoms with van der Waals surface area (Å²) in [6, 6.07) is 4.71. The molecule has 0 spiro atoms. The van der Waals surface area contributed by atoms with Crippen LogP contribution < -0.4 is 10.9 Å². The number of benzene rings is 1. The molecule has 0 saturated heterocycles. The molecule has 1 amide bonds. The smallest absolute Gasteiger partial charge is 0.265 e. The van der Waals surface area contributed by atoms with Crippen molar-refractivity contribution < 1.29 is 13.2 Å². The van der Waals surface area contributed by atoms with Gasteiger partial charge in [0.1, 0.15) is 0 Å². The Balaban J connectivity index is 2.41. The zero-order valence-electron chi connectivity index (χ0n) is 9.49. The number of sulfone groups is 1. The Kier molecular flexibility index (Phi) is 3.17. The molecule has 1 aliphatic rings. The monoisotopic (exact) mass is 254 g/mol. The molecule has 0 aliphatic carbocycles. The average Bonchev–Trinajstić information content (AvgIpc) is 2.28. The first-order valence-corrected chi connectivity index (χ1v) is 7.02. The van der Waals surface area contributed by atoms with E-state index >= 15 is 0 Å². The minimum atomic E-state index is -3.14. The standard InChI is InChI=1S/C11H14N2O3S/c1-12-13-11(14)9-4-5-10-8(7-9)3-2-6-17(10,15)16/h4-5,7,12H,2-3,6H2,1H3,(H,13,14). The van der Waals surface area contributed by atoms with Crippen LogP contribution in [0.3, 0.4) is 0 Å². The fraction of sp³-hybridized carbons (Fsp3) is 0.364. The quantitative estimate of drug-likeness (QED) is 0.743. The molecule has 0 fully saturated rings. The molecular formula is C11H14N2O3S. The second-order valence-corrected chi connectivity index (χ2v) is 6.03. The van der Waals surface area contributed by atoms with E-state index in [1.54, 1.807) is 13.1 Å². The lowest BCUT2D eigenvalue weighted by Crippen LogP contribution is -2.34. The number of fused-ring (bicyclic) bond motifs is 1. The highest BCUT2D eigenvalue weighted by Gasteiger charge is 2.24. The zero-order chi connectivity index (χ0) is 12.5. The summed E-state index contributed by atoms with van der Waals surface area (Å²) >= 11 is 0. The topological polar surface area (TPSA) is 75.3 Å². The number of carbonyl (C=O) groups excluding carboxylic acids is 1. The first kappa shape index (κ1) is 12.1. The van der Waals surface area contributed by atoms with Crippen molar-refractivity contribution in [3.05, 3.63) is 29.3 Å². The fourth-order valence-electron chi connectivity index (χ4n) is 1.97. The highest BCUT2D eigenvalue weighted by atomic mass is 32.2. The van der Waals surface area contributed by atoms with Gasteiger partial charge >= 0.3 is 0 Å². The third-order valence-corrected chi connectivity index (χ3v) is 4.65. The van der Waals surface area contributed by atoms with Crippen molar-refractivity contribution in [2.75, 3.05) is 12.8 Å². The second-order valence-electron chi connectivity index (χ2n) is 3.95. The third kappa shape index (κ3) is 2.32. The third-order valence-electron chi connectivity index (χ3n) is 2.76. The predicted molar refractivity (Wildman–Crippen MR) is 63.3 cm³/mol. The molecule has 2 N–H and O–H groups in total. The number of amides is 1. The van der Waals surface area contributed by atoms with Gasteiger partial charge in [-0.05, 0) is 36.6 Å². The summed E-state index contributed by atoms with van der Waals surface area (Å²) in [7, 11) is -1.55. The van der Waals surface area contributed by atoms with Gasteiger partial charge in [0.15, 0.2) is 9.84 Å². The van der Waals surface area contributed by atoms with E-state index in [9.17, 15) is 13.2 Å². The Hall–Kier alpha value is -1.40. The molecule has 2 rings (SSSR count). The lowest BCUT2D eigenvalue weighted by Gasteiger charge is -2.16. The number of nitrogens with one attached hydrogen (secondary N) is 2. The first-order chi connectivity index (χ1) is 8.04. The molecule has 92 valence electrons. The molecule has 6 heteroatoms. The average molecular weight is 254 g/mol. The minimum Gasteiger partial charge on any atom is -0.288 e. The first-order valence-electron chi connectivity index (χ1n) is 5.37. The van der Waals surface area contributed by atoms with E-state index in [2.05, 4.69) is 10.9 Å². The summed E-state index contributed by atoms with van der Waals surface area (Å²) in [4.78, 5) is 11.9.